The first-order valence-corrected chi connectivity index (χ1v) is 12.9. The molecule has 0 bridgehead atoms. The molecule has 0 radical (unpaired) electrons. The Bertz CT molecular complexity index is 1190. The van der Waals surface area contributed by atoms with E-state index in [1.54, 1.807) is 18.5 Å². The van der Waals surface area contributed by atoms with E-state index in [0.29, 0.717) is 30.6 Å². The topological polar surface area (TPSA) is 122 Å². The molecule has 37 heavy (non-hydrogen) atoms. The van der Waals surface area contributed by atoms with Gasteiger partial charge in [-0.2, -0.15) is 0 Å². The molecule has 0 spiro atoms. The van der Waals surface area contributed by atoms with Gasteiger partial charge in [-0.1, -0.05) is 0 Å². The van der Waals surface area contributed by atoms with Crippen molar-refractivity contribution in [1.29, 1.82) is 5.41 Å². The first-order valence-electron chi connectivity index (χ1n) is 12.9. The van der Waals surface area contributed by atoms with Crippen molar-refractivity contribution in [2.24, 2.45) is 4.99 Å². The first-order chi connectivity index (χ1) is 17.7. The SMILES string of the molecule is CC(C(=O)NC1CC1)N1CCN(c2cc3c(cc2NC(=O)/C(C=N)=C2\N=CC=CN2)CC(C)(C)O3)CC1. The van der Waals surface area contributed by atoms with Crippen LogP contribution in [-0.4, -0.2) is 73.0 Å². The molecular weight excluding hydrogens is 470 g/mol. The molecule has 2 amide bonds. The number of ether oxygens (including phenoxy) is 1. The third kappa shape index (κ3) is 5.53. The molecule has 10 heteroatoms. The number of nitrogens with one attached hydrogen (secondary N) is 4. The number of piperazine rings is 1. The Kier molecular flexibility index (Phi) is 6.76. The van der Waals surface area contributed by atoms with E-state index in [2.05, 4.69) is 44.6 Å². The van der Waals surface area contributed by atoms with Crippen LogP contribution in [0.2, 0.25) is 0 Å². The van der Waals surface area contributed by atoms with Crippen LogP contribution >= 0.6 is 0 Å². The maximum absolute atomic E-state index is 13.3. The number of rotatable bonds is 7. The van der Waals surface area contributed by atoms with Crippen molar-refractivity contribution in [3.8, 4) is 5.75 Å². The van der Waals surface area contributed by atoms with Crippen LogP contribution in [0.5, 0.6) is 5.75 Å². The Hall–Kier alpha value is -3.66. The van der Waals surface area contributed by atoms with E-state index in [0.717, 1.165) is 55.6 Å². The summed E-state index contributed by atoms with van der Waals surface area (Å²) in [4.78, 5) is 34.4. The predicted octanol–water partition coefficient (Wildman–Crippen LogP) is 2.18. The molecule has 1 aliphatic carbocycles. The van der Waals surface area contributed by atoms with Crippen molar-refractivity contribution in [3.63, 3.8) is 0 Å². The van der Waals surface area contributed by atoms with E-state index in [1.807, 2.05) is 19.1 Å². The average Bonchev–Trinajstić information content (AvgIpc) is 3.64. The average molecular weight is 506 g/mol. The maximum Gasteiger partial charge on any atom is 0.261 e. The number of amides is 2. The van der Waals surface area contributed by atoms with Crippen LogP contribution in [0.1, 0.15) is 39.2 Å². The van der Waals surface area contributed by atoms with Gasteiger partial charge in [0.15, 0.2) is 0 Å². The number of allylic oxidation sites excluding steroid dienone is 1. The highest BCUT2D eigenvalue weighted by Gasteiger charge is 2.34. The van der Waals surface area contributed by atoms with Crippen LogP contribution in [-0.2, 0) is 16.0 Å². The summed E-state index contributed by atoms with van der Waals surface area (Å²) in [5.41, 5.74) is 2.40. The molecule has 1 saturated heterocycles. The second-order valence-corrected chi connectivity index (χ2v) is 10.6. The van der Waals surface area contributed by atoms with Gasteiger partial charge in [-0.15, -0.1) is 0 Å². The Morgan fingerprint density at radius 1 is 1.24 bits per heavy atom. The normalized spacial score (nSPS) is 22.4. The molecule has 196 valence electrons. The Morgan fingerprint density at radius 3 is 2.65 bits per heavy atom. The number of aliphatic imine (C=N–C) groups is 1. The highest BCUT2D eigenvalue weighted by atomic mass is 16.5. The molecule has 4 N–H and O–H groups in total. The number of hydrogen-bond acceptors (Lipinski definition) is 8. The lowest BCUT2D eigenvalue weighted by Gasteiger charge is -2.39. The lowest BCUT2D eigenvalue weighted by Crippen LogP contribution is -2.54. The maximum atomic E-state index is 13.3. The van der Waals surface area contributed by atoms with Crippen molar-refractivity contribution in [2.75, 3.05) is 36.4 Å². The summed E-state index contributed by atoms with van der Waals surface area (Å²) in [7, 11) is 0. The molecule has 3 aliphatic heterocycles. The van der Waals surface area contributed by atoms with Gasteiger partial charge in [0.05, 0.1) is 23.0 Å². The smallest absolute Gasteiger partial charge is 0.261 e. The Morgan fingerprint density at radius 2 is 2.00 bits per heavy atom. The van der Waals surface area contributed by atoms with Gasteiger partial charge in [0.1, 0.15) is 17.2 Å². The van der Waals surface area contributed by atoms with E-state index in [-0.39, 0.29) is 23.1 Å². The number of nitrogens with zero attached hydrogens (tertiary/aromatic N) is 3. The van der Waals surface area contributed by atoms with Crippen LogP contribution in [0.3, 0.4) is 0 Å². The summed E-state index contributed by atoms with van der Waals surface area (Å²) < 4.78 is 6.20. The fourth-order valence-electron chi connectivity index (χ4n) is 4.97. The minimum Gasteiger partial charge on any atom is -0.487 e. The van der Waals surface area contributed by atoms with Crippen LogP contribution in [0, 0.1) is 5.41 Å². The Labute approximate surface area is 217 Å². The molecule has 1 saturated carbocycles. The van der Waals surface area contributed by atoms with E-state index in [4.69, 9.17) is 10.1 Å². The molecule has 1 unspecified atom stereocenters. The second-order valence-electron chi connectivity index (χ2n) is 10.6. The number of hydrogen-bond donors (Lipinski definition) is 4. The number of fused-ring (bicyclic) bond motifs is 1. The fourth-order valence-corrected chi connectivity index (χ4v) is 4.97. The molecule has 0 aromatic heterocycles. The minimum atomic E-state index is -0.409. The molecule has 2 fully saturated rings. The van der Waals surface area contributed by atoms with E-state index in [9.17, 15) is 9.59 Å². The van der Waals surface area contributed by atoms with Crippen molar-refractivity contribution in [2.45, 2.75) is 57.7 Å². The third-order valence-electron chi connectivity index (χ3n) is 7.19. The van der Waals surface area contributed by atoms with E-state index in [1.165, 1.54) is 0 Å². The monoisotopic (exact) mass is 505 g/mol. The largest absolute Gasteiger partial charge is 0.487 e. The van der Waals surface area contributed by atoms with Crippen LogP contribution in [0.25, 0.3) is 0 Å². The zero-order chi connectivity index (χ0) is 26.2. The molecule has 3 heterocycles. The summed E-state index contributed by atoms with van der Waals surface area (Å²) in [5, 5.41) is 16.9. The number of carbonyl (C=O) groups excluding carboxylic acids is 2. The fraction of sp³-hybridized carbons (Fsp3) is 0.481. The zero-order valence-corrected chi connectivity index (χ0v) is 21.6. The molecular formula is C27H35N7O3. The van der Waals surface area contributed by atoms with Crippen molar-refractivity contribution in [3.05, 3.63) is 41.4 Å². The van der Waals surface area contributed by atoms with Gasteiger partial charge in [-0.05, 0) is 45.8 Å². The first kappa shape index (κ1) is 25.0. The summed E-state index contributed by atoms with van der Waals surface area (Å²) in [6.07, 6.45) is 8.88. The third-order valence-corrected chi connectivity index (χ3v) is 7.19. The van der Waals surface area contributed by atoms with Gasteiger partial charge in [0.2, 0.25) is 5.91 Å². The Balaban J connectivity index is 1.36. The number of benzene rings is 1. The van der Waals surface area contributed by atoms with Crippen LogP contribution in [0.15, 0.2) is 40.8 Å². The van der Waals surface area contributed by atoms with Gasteiger partial charge in [-0.3, -0.25) is 14.5 Å². The lowest BCUT2D eigenvalue weighted by molar-refractivity contribution is -0.126. The second kappa shape index (κ2) is 10.0. The standard InChI is InChI=1S/C27H35N7O3/c1-17(25(35)31-19-5-6-19)33-9-11-34(12-10-33)22-14-23-18(15-27(2,3)37-23)13-21(22)32-26(36)20(16-28)24-29-7-4-8-30-24/h4,7-8,13-14,16-17,19,28-29H,5-6,9-12,15H2,1-3H3,(H,31,35)(H,32,36)/b24-20-,28-16?. The van der Waals surface area contributed by atoms with E-state index < -0.39 is 5.91 Å². The van der Waals surface area contributed by atoms with Crippen LogP contribution < -0.4 is 25.6 Å². The lowest BCUT2D eigenvalue weighted by atomic mass is 10.0. The molecule has 1 aromatic rings. The number of carbonyl (C=O) groups is 2. The van der Waals surface area contributed by atoms with Gasteiger partial charge in [0, 0.05) is 68.9 Å². The molecule has 1 atom stereocenters. The van der Waals surface area contributed by atoms with E-state index >= 15 is 0 Å². The zero-order valence-electron chi connectivity index (χ0n) is 21.6. The van der Waals surface area contributed by atoms with Crippen molar-refractivity contribution < 1.29 is 14.3 Å². The summed E-state index contributed by atoms with van der Waals surface area (Å²) >= 11 is 0. The minimum absolute atomic E-state index is 0.0955. The van der Waals surface area contributed by atoms with Crippen LogP contribution in [0.4, 0.5) is 11.4 Å². The molecule has 10 nitrogen and oxygen atoms in total. The molecule has 4 aliphatic rings. The van der Waals surface area contributed by atoms with Gasteiger partial charge >= 0.3 is 0 Å². The molecule has 1 aromatic carbocycles. The quantitative estimate of drug-likeness (QED) is 0.333. The number of anilines is 2. The van der Waals surface area contributed by atoms with Gasteiger partial charge in [-0.25, -0.2) is 4.99 Å². The van der Waals surface area contributed by atoms with Gasteiger partial charge in [0.25, 0.3) is 5.91 Å². The highest BCUT2D eigenvalue weighted by molar-refractivity contribution is 6.18. The van der Waals surface area contributed by atoms with Crippen molar-refractivity contribution >= 4 is 35.6 Å². The highest BCUT2D eigenvalue weighted by Crippen LogP contribution is 2.42. The summed E-state index contributed by atoms with van der Waals surface area (Å²) in [6, 6.07) is 4.17. The van der Waals surface area contributed by atoms with Gasteiger partial charge < -0.3 is 31.0 Å². The summed E-state index contributed by atoms with van der Waals surface area (Å²) in [5.74, 6) is 0.840. The van der Waals surface area contributed by atoms with Crippen molar-refractivity contribution in [1.82, 2.24) is 15.5 Å². The molecule has 5 rings (SSSR count). The summed E-state index contributed by atoms with van der Waals surface area (Å²) in [6.45, 7) is 8.95. The predicted molar refractivity (Wildman–Crippen MR) is 144 cm³/mol.